The Morgan fingerprint density at radius 3 is 2.72 bits per heavy atom. The average Bonchev–Trinajstić information content (AvgIpc) is 3.17. The van der Waals surface area contributed by atoms with Gasteiger partial charge < -0.3 is 20.7 Å². The summed E-state index contributed by atoms with van der Waals surface area (Å²) in [7, 11) is 0. The molecule has 3 N–H and O–H groups in total. The van der Waals surface area contributed by atoms with Crippen LogP contribution in [0.15, 0.2) is 22.5 Å². The van der Waals surface area contributed by atoms with Crippen molar-refractivity contribution < 1.29 is 9.53 Å². The van der Waals surface area contributed by atoms with E-state index in [1.165, 1.54) is 17.7 Å². The van der Waals surface area contributed by atoms with Gasteiger partial charge in [0.1, 0.15) is 0 Å². The smallest absolute Gasteiger partial charge is 0.407 e. The quantitative estimate of drug-likeness (QED) is 0.400. The second-order valence-corrected chi connectivity index (χ2v) is 8.66. The summed E-state index contributed by atoms with van der Waals surface area (Å²) in [6.07, 6.45) is 4.52. The molecule has 0 spiro atoms. The molecule has 0 bridgehead atoms. The Kier molecular flexibility index (Phi) is 8.61. The molecule has 2 aliphatic rings. The number of hydrogen-bond acceptors (Lipinski definition) is 5. The molecule has 1 aromatic rings. The number of ether oxygens (including phenoxy) is 1. The summed E-state index contributed by atoms with van der Waals surface area (Å²) >= 11 is 1.81. The minimum absolute atomic E-state index is 0.0737. The van der Waals surface area contributed by atoms with Crippen LogP contribution in [0.4, 0.5) is 4.79 Å². The molecule has 1 saturated carbocycles. The number of aliphatic imine (C=N–C) groups is 1. The van der Waals surface area contributed by atoms with E-state index in [2.05, 4.69) is 45.3 Å². The fraction of sp³-hybridized carbons (Fsp3) is 0.714. The van der Waals surface area contributed by atoms with E-state index in [0.717, 1.165) is 45.0 Å². The molecule has 162 valence electrons. The molecule has 3 rings (SSSR count). The summed E-state index contributed by atoms with van der Waals surface area (Å²) in [6.45, 7) is 8.77. The Labute approximate surface area is 178 Å². The first-order valence-corrected chi connectivity index (χ1v) is 11.8. The van der Waals surface area contributed by atoms with Crippen molar-refractivity contribution in [2.75, 3.05) is 39.3 Å². The lowest BCUT2D eigenvalue weighted by Crippen LogP contribution is -2.48. The van der Waals surface area contributed by atoms with Crippen LogP contribution in [-0.2, 0) is 4.74 Å². The molecular weight excluding hydrogens is 386 g/mol. The molecule has 0 radical (unpaired) electrons. The normalized spacial score (nSPS) is 19.6. The van der Waals surface area contributed by atoms with Crippen molar-refractivity contribution in [2.45, 2.75) is 51.6 Å². The molecule has 29 heavy (non-hydrogen) atoms. The van der Waals surface area contributed by atoms with Gasteiger partial charge >= 0.3 is 6.09 Å². The lowest BCUT2D eigenvalue weighted by atomic mass is 10.2. The molecule has 2 atom stereocenters. The van der Waals surface area contributed by atoms with Crippen LogP contribution < -0.4 is 16.0 Å². The van der Waals surface area contributed by atoms with Gasteiger partial charge in [0, 0.05) is 18.0 Å². The number of guanidine groups is 1. The van der Waals surface area contributed by atoms with Gasteiger partial charge in [-0.2, -0.15) is 0 Å². The fourth-order valence-electron chi connectivity index (χ4n) is 3.80. The molecule has 2 fully saturated rings. The highest BCUT2D eigenvalue weighted by molar-refractivity contribution is 7.10. The number of alkyl carbamates (subject to hydrolysis) is 1. The summed E-state index contributed by atoms with van der Waals surface area (Å²) < 4.78 is 5.05. The fourth-order valence-corrected chi connectivity index (χ4v) is 4.66. The summed E-state index contributed by atoms with van der Waals surface area (Å²) in [5.41, 5.74) is 0. The molecule has 8 heteroatoms. The van der Waals surface area contributed by atoms with Crippen LogP contribution in [0.1, 0.15) is 50.4 Å². The lowest BCUT2D eigenvalue weighted by molar-refractivity contribution is 0.146. The zero-order chi connectivity index (χ0) is 20.5. The second-order valence-electron chi connectivity index (χ2n) is 7.68. The Balaban J connectivity index is 1.59. The van der Waals surface area contributed by atoms with Crippen LogP contribution in [0.25, 0.3) is 0 Å². The van der Waals surface area contributed by atoms with E-state index >= 15 is 0 Å². The zero-order valence-corrected chi connectivity index (χ0v) is 18.5. The first-order valence-electron chi connectivity index (χ1n) is 10.9. The van der Waals surface area contributed by atoms with Gasteiger partial charge in [0.25, 0.3) is 0 Å². The van der Waals surface area contributed by atoms with Gasteiger partial charge in [0.2, 0.25) is 0 Å². The molecule has 1 saturated heterocycles. The second kappa shape index (κ2) is 11.4. The Bertz CT molecular complexity index is 642. The predicted molar refractivity (Wildman–Crippen MR) is 119 cm³/mol. The van der Waals surface area contributed by atoms with Gasteiger partial charge in [-0.1, -0.05) is 6.07 Å². The van der Waals surface area contributed by atoms with E-state index in [9.17, 15) is 4.79 Å². The van der Waals surface area contributed by atoms with Crippen molar-refractivity contribution in [3.63, 3.8) is 0 Å². The van der Waals surface area contributed by atoms with E-state index in [-0.39, 0.29) is 12.1 Å². The van der Waals surface area contributed by atoms with E-state index < -0.39 is 0 Å². The highest BCUT2D eigenvalue weighted by Crippen LogP contribution is 2.32. The van der Waals surface area contributed by atoms with E-state index in [1.807, 2.05) is 18.3 Å². The third kappa shape index (κ3) is 6.89. The maximum absolute atomic E-state index is 11.8. The SMILES string of the molecule is CCNC(=NCC(c1cccs1)N1CCCC1)NCC(NC(=O)OCC)C1CC1. The number of carbonyl (C=O) groups excluding carboxylic acids is 1. The summed E-state index contributed by atoms with van der Waals surface area (Å²) in [4.78, 5) is 20.7. The Hall–Kier alpha value is -1.80. The van der Waals surface area contributed by atoms with Crippen molar-refractivity contribution >= 4 is 23.4 Å². The molecule has 2 unspecified atom stereocenters. The lowest BCUT2D eigenvalue weighted by Gasteiger charge is -2.26. The number of likely N-dealkylation sites (tertiary alicyclic amines) is 1. The molecule has 1 amide bonds. The third-order valence-corrected chi connectivity index (χ3v) is 6.45. The van der Waals surface area contributed by atoms with Crippen molar-refractivity contribution in [2.24, 2.45) is 10.9 Å². The van der Waals surface area contributed by atoms with E-state index in [0.29, 0.717) is 25.1 Å². The average molecular weight is 422 g/mol. The number of rotatable bonds is 10. The van der Waals surface area contributed by atoms with Gasteiger partial charge in [0.05, 0.1) is 25.2 Å². The standard InChI is InChI=1S/C21H35N5O2S/c1-3-22-20(23-14-17(16-9-10-16)25-21(27)28-4-2)24-15-18(19-8-7-13-29-19)26-11-5-6-12-26/h7-8,13,16-18H,3-6,9-12,14-15H2,1-2H3,(H,25,27)(H2,22,23,24). The minimum atomic E-state index is -0.333. The first-order chi connectivity index (χ1) is 14.2. The number of hydrogen-bond donors (Lipinski definition) is 3. The Morgan fingerprint density at radius 1 is 1.31 bits per heavy atom. The molecule has 1 aromatic heterocycles. The molecule has 1 aliphatic carbocycles. The number of nitrogens with one attached hydrogen (secondary N) is 3. The van der Waals surface area contributed by atoms with Crippen LogP contribution in [-0.4, -0.2) is 62.3 Å². The maximum Gasteiger partial charge on any atom is 0.407 e. The van der Waals surface area contributed by atoms with E-state index in [1.54, 1.807) is 0 Å². The van der Waals surface area contributed by atoms with E-state index in [4.69, 9.17) is 9.73 Å². The summed E-state index contributed by atoms with van der Waals surface area (Å²) in [6, 6.07) is 4.75. The zero-order valence-electron chi connectivity index (χ0n) is 17.7. The monoisotopic (exact) mass is 421 g/mol. The van der Waals surface area contributed by atoms with Crippen molar-refractivity contribution in [3.05, 3.63) is 22.4 Å². The highest BCUT2D eigenvalue weighted by atomic mass is 32.1. The number of carbonyl (C=O) groups is 1. The largest absolute Gasteiger partial charge is 0.450 e. The van der Waals surface area contributed by atoms with Crippen molar-refractivity contribution in [1.29, 1.82) is 0 Å². The summed E-state index contributed by atoms with van der Waals surface area (Å²) in [5, 5.41) is 11.9. The maximum atomic E-state index is 11.8. The minimum Gasteiger partial charge on any atom is -0.450 e. The van der Waals surface area contributed by atoms with Crippen molar-refractivity contribution in [1.82, 2.24) is 20.9 Å². The van der Waals surface area contributed by atoms with Gasteiger partial charge in [-0.05, 0) is 70.0 Å². The highest BCUT2D eigenvalue weighted by Gasteiger charge is 2.32. The third-order valence-electron chi connectivity index (χ3n) is 5.48. The Morgan fingerprint density at radius 2 is 2.10 bits per heavy atom. The van der Waals surface area contributed by atoms with Crippen LogP contribution in [0.3, 0.4) is 0 Å². The van der Waals surface area contributed by atoms with Crippen LogP contribution in [0, 0.1) is 5.92 Å². The van der Waals surface area contributed by atoms with Crippen molar-refractivity contribution in [3.8, 4) is 0 Å². The number of thiophene rings is 1. The predicted octanol–water partition coefficient (Wildman–Crippen LogP) is 2.96. The number of amides is 1. The topological polar surface area (TPSA) is 78.0 Å². The number of nitrogens with zero attached hydrogens (tertiary/aromatic N) is 2. The molecule has 1 aliphatic heterocycles. The van der Waals surface area contributed by atoms with Gasteiger partial charge in [-0.25, -0.2) is 4.79 Å². The van der Waals surface area contributed by atoms with Gasteiger partial charge in [-0.3, -0.25) is 9.89 Å². The molecule has 2 heterocycles. The van der Waals surface area contributed by atoms with Crippen LogP contribution in [0.2, 0.25) is 0 Å². The van der Waals surface area contributed by atoms with Gasteiger partial charge in [0.15, 0.2) is 5.96 Å². The van der Waals surface area contributed by atoms with Crippen LogP contribution >= 0.6 is 11.3 Å². The first kappa shape index (κ1) is 21.9. The summed E-state index contributed by atoms with van der Waals surface area (Å²) in [5.74, 6) is 1.34. The van der Waals surface area contributed by atoms with Gasteiger partial charge in [-0.15, -0.1) is 11.3 Å². The molecular formula is C21H35N5O2S. The van der Waals surface area contributed by atoms with Crippen LogP contribution in [0.5, 0.6) is 0 Å². The molecule has 7 nitrogen and oxygen atoms in total. The molecule has 0 aromatic carbocycles.